The molecular formula is C24H19N3OS. The van der Waals surface area contributed by atoms with Crippen molar-refractivity contribution < 1.29 is 4.79 Å². The number of nitrogens with zero attached hydrogens (tertiary/aromatic N) is 2. The van der Waals surface area contributed by atoms with Crippen LogP contribution in [0.1, 0.15) is 10.6 Å². The highest BCUT2D eigenvalue weighted by atomic mass is 32.1. The van der Waals surface area contributed by atoms with Gasteiger partial charge in [0.2, 0.25) is 5.91 Å². The molecule has 0 saturated heterocycles. The molecule has 0 radical (unpaired) electrons. The van der Waals surface area contributed by atoms with Crippen LogP contribution in [0.2, 0.25) is 0 Å². The van der Waals surface area contributed by atoms with E-state index in [9.17, 15) is 4.79 Å². The van der Waals surface area contributed by atoms with Gasteiger partial charge in [-0.2, -0.15) is 0 Å². The van der Waals surface area contributed by atoms with Gasteiger partial charge in [0.25, 0.3) is 0 Å². The Morgan fingerprint density at radius 2 is 1.72 bits per heavy atom. The Morgan fingerprint density at radius 3 is 2.55 bits per heavy atom. The van der Waals surface area contributed by atoms with Crippen molar-refractivity contribution in [3.05, 3.63) is 101 Å². The summed E-state index contributed by atoms with van der Waals surface area (Å²) in [5.41, 5.74) is 5.18. The zero-order chi connectivity index (χ0) is 19.9. The summed E-state index contributed by atoms with van der Waals surface area (Å²) in [5, 5.41) is 5.74. The molecule has 2 heterocycles. The third-order valence-electron chi connectivity index (χ3n) is 4.36. The molecule has 0 bridgehead atoms. The van der Waals surface area contributed by atoms with Gasteiger partial charge in [-0.1, -0.05) is 48.5 Å². The maximum atomic E-state index is 12.2. The first-order valence-corrected chi connectivity index (χ1v) is 10.1. The van der Waals surface area contributed by atoms with Gasteiger partial charge in [0, 0.05) is 29.4 Å². The normalized spacial score (nSPS) is 10.9. The molecule has 2 aromatic heterocycles. The molecule has 0 aliphatic heterocycles. The maximum Gasteiger partial charge on any atom is 0.244 e. The maximum absolute atomic E-state index is 12.2. The predicted molar refractivity (Wildman–Crippen MR) is 118 cm³/mol. The predicted octanol–water partition coefficient (Wildman–Crippen LogP) is 5.20. The number of benzene rings is 2. The summed E-state index contributed by atoms with van der Waals surface area (Å²) in [7, 11) is 0. The van der Waals surface area contributed by atoms with Crippen LogP contribution in [0.4, 0.5) is 0 Å². The lowest BCUT2D eigenvalue weighted by molar-refractivity contribution is -0.116. The van der Waals surface area contributed by atoms with E-state index in [-0.39, 0.29) is 5.91 Å². The fourth-order valence-corrected chi connectivity index (χ4v) is 3.64. The van der Waals surface area contributed by atoms with Gasteiger partial charge in [0.05, 0.1) is 12.2 Å². The minimum Gasteiger partial charge on any atom is -0.346 e. The zero-order valence-electron chi connectivity index (χ0n) is 15.7. The second-order valence-corrected chi connectivity index (χ2v) is 7.35. The average molecular weight is 398 g/mol. The molecule has 4 nitrogen and oxygen atoms in total. The van der Waals surface area contributed by atoms with Crippen molar-refractivity contribution in [1.29, 1.82) is 0 Å². The van der Waals surface area contributed by atoms with Gasteiger partial charge < -0.3 is 5.32 Å². The van der Waals surface area contributed by atoms with Crippen LogP contribution in [0.3, 0.4) is 0 Å². The number of rotatable bonds is 6. The van der Waals surface area contributed by atoms with Crippen LogP contribution in [-0.4, -0.2) is 15.9 Å². The molecule has 0 spiro atoms. The van der Waals surface area contributed by atoms with Crippen molar-refractivity contribution in [2.24, 2.45) is 0 Å². The smallest absolute Gasteiger partial charge is 0.244 e. The van der Waals surface area contributed by atoms with Gasteiger partial charge in [0.15, 0.2) is 0 Å². The van der Waals surface area contributed by atoms with Gasteiger partial charge in [-0.3, -0.25) is 9.78 Å². The quantitative estimate of drug-likeness (QED) is 0.455. The summed E-state index contributed by atoms with van der Waals surface area (Å²) in [6, 6.07) is 22.1. The molecule has 5 heteroatoms. The number of carbonyl (C=O) groups is 1. The number of thiazole rings is 1. The second-order valence-electron chi connectivity index (χ2n) is 6.40. The SMILES string of the molecule is O=C(/C=C/c1cccc(-c2ccccc2)c1)NCc1nc(-c2ccncc2)cs1. The van der Waals surface area contributed by atoms with Crippen molar-refractivity contribution in [2.75, 3.05) is 0 Å². The Bertz CT molecular complexity index is 1120. The summed E-state index contributed by atoms with van der Waals surface area (Å²) in [4.78, 5) is 20.8. The van der Waals surface area contributed by atoms with Crippen LogP contribution >= 0.6 is 11.3 Å². The lowest BCUT2D eigenvalue weighted by Crippen LogP contribution is -2.20. The first-order valence-electron chi connectivity index (χ1n) is 9.24. The molecule has 1 amide bonds. The van der Waals surface area contributed by atoms with E-state index in [4.69, 9.17) is 0 Å². The first-order chi connectivity index (χ1) is 14.3. The zero-order valence-corrected chi connectivity index (χ0v) is 16.5. The minimum absolute atomic E-state index is 0.143. The number of nitrogens with one attached hydrogen (secondary N) is 1. The Balaban J connectivity index is 1.36. The van der Waals surface area contributed by atoms with E-state index in [1.807, 2.05) is 53.9 Å². The van der Waals surface area contributed by atoms with Gasteiger partial charge >= 0.3 is 0 Å². The van der Waals surface area contributed by atoms with E-state index in [1.54, 1.807) is 18.5 Å². The van der Waals surface area contributed by atoms with Crippen LogP contribution in [0, 0.1) is 0 Å². The molecule has 0 saturated carbocycles. The summed E-state index contributed by atoms with van der Waals surface area (Å²) in [5.74, 6) is -0.143. The topological polar surface area (TPSA) is 54.9 Å². The summed E-state index contributed by atoms with van der Waals surface area (Å²) in [6.07, 6.45) is 6.87. The van der Waals surface area contributed by atoms with Crippen molar-refractivity contribution in [3.8, 4) is 22.4 Å². The number of pyridine rings is 1. The Kier molecular flexibility index (Phi) is 5.88. The van der Waals surface area contributed by atoms with E-state index < -0.39 is 0 Å². The number of aromatic nitrogens is 2. The highest BCUT2D eigenvalue weighted by molar-refractivity contribution is 7.09. The number of hydrogen-bond acceptors (Lipinski definition) is 4. The van der Waals surface area contributed by atoms with Crippen LogP contribution in [0.15, 0.2) is 90.6 Å². The van der Waals surface area contributed by atoms with E-state index in [1.165, 1.54) is 11.3 Å². The van der Waals surface area contributed by atoms with Crippen molar-refractivity contribution in [3.63, 3.8) is 0 Å². The highest BCUT2D eigenvalue weighted by Gasteiger charge is 2.05. The molecule has 0 atom stereocenters. The first kappa shape index (κ1) is 18.8. The molecular weight excluding hydrogens is 378 g/mol. The van der Waals surface area contributed by atoms with Crippen molar-refractivity contribution >= 4 is 23.3 Å². The number of amides is 1. The summed E-state index contributed by atoms with van der Waals surface area (Å²) >= 11 is 1.53. The third-order valence-corrected chi connectivity index (χ3v) is 5.21. The fourth-order valence-electron chi connectivity index (χ4n) is 2.89. The van der Waals surface area contributed by atoms with E-state index >= 15 is 0 Å². The largest absolute Gasteiger partial charge is 0.346 e. The Hall–Kier alpha value is -3.57. The number of hydrogen-bond donors (Lipinski definition) is 1. The molecule has 2 aromatic carbocycles. The van der Waals surface area contributed by atoms with Gasteiger partial charge in [-0.25, -0.2) is 4.98 Å². The molecule has 29 heavy (non-hydrogen) atoms. The van der Waals surface area contributed by atoms with Crippen LogP contribution in [0.5, 0.6) is 0 Å². The molecule has 142 valence electrons. The summed E-state index contributed by atoms with van der Waals surface area (Å²) < 4.78 is 0. The van der Waals surface area contributed by atoms with E-state index in [2.05, 4.69) is 39.6 Å². The van der Waals surface area contributed by atoms with Crippen molar-refractivity contribution in [2.45, 2.75) is 6.54 Å². The monoisotopic (exact) mass is 397 g/mol. The highest BCUT2D eigenvalue weighted by Crippen LogP contribution is 2.21. The Labute approximate surface area is 173 Å². The van der Waals surface area contributed by atoms with Crippen LogP contribution < -0.4 is 5.32 Å². The third kappa shape index (κ3) is 5.03. The molecule has 0 fully saturated rings. The van der Waals surface area contributed by atoms with Crippen LogP contribution in [-0.2, 0) is 11.3 Å². The standard InChI is InChI=1S/C24H19N3OS/c28-23(26-16-24-27-22(17-29-24)20-11-13-25-14-12-20)10-9-18-5-4-8-21(15-18)19-6-2-1-3-7-19/h1-15,17H,16H2,(H,26,28)/b10-9+. The van der Waals surface area contributed by atoms with E-state index in [0.29, 0.717) is 6.54 Å². The van der Waals surface area contributed by atoms with Gasteiger partial charge in [-0.05, 0) is 41.0 Å². The number of carbonyl (C=O) groups excluding carboxylic acids is 1. The molecule has 0 aliphatic carbocycles. The lowest BCUT2D eigenvalue weighted by Gasteiger charge is -2.03. The fraction of sp³-hybridized carbons (Fsp3) is 0.0417. The van der Waals surface area contributed by atoms with E-state index in [0.717, 1.165) is 33.0 Å². The van der Waals surface area contributed by atoms with Gasteiger partial charge in [-0.15, -0.1) is 11.3 Å². The summed E-state index contributed by atoms with van der Waals surface area (Å²) in [6.45, 7) is 0.406. The molecule has 1 N–H and O–H groups in total. The van der Waals surface area contributed by atoms with Crippen molar-refractivity contribution in [1.82, 2.24) is 15.3 Å². The molecule has 0 aliphatic rings. The molecule has 0 unspecified atom stereocenters. The Morgan fingerprint density at radius 1 is 0.931 bits per heavy atom. The van der Waals surface area contributed by atoms with Crippen LogP contribution in [0.25, 0.3) is 28.5 Å². The molecule has 4 aromatic rings. The van der Waals surface area contributed by atoms with Gasteiger partial charge in [0.1, 0.15) is 5.01 Å². The molecule has 4 rings (SSSR count). The average Bonchev–Trinajstić information content (AvgIpc) is 3.27. The lowest BCUT2D eigenvalue weighted by atomic mass is 10.0. The minimum atomic E-state index is -0.143. The second kappa shape index (κ2) is 9.08.